The van der Waals surface area contributed by atoms with Gasteiger partial charge in [-0.05, 0) is 30.2 Å². The molecule has 0 amide bonds. The molecule has 0 aliphatic carbocycles. The minimum absolute atomic E-state index is 0.551. The van der Waals surface area contributed by atoms with Crippen molar-refractivity contribution in [2.75, 3.05) is 18.0 Å². The smallest absolute Gasteiger partial charge is 0.152 e. The van der Waals surface area contributed by atoms with Crippen molar-refractivity contribution in [2.24, 2.45) is 0 Å². The third-order valence-electron chi connectivity index (χ3n) is 3.92. The predicted octanol–water partition coefficient (Wildman–Crippen LogP) is 4.26. The van der Waals surface area contributed by atoms with Gasteiger partial charge in [0, 0.05) is 34.7 Å². The van der Waals surface area contributed by atoms with Crippen LogP contribution in [0.5, 0.6) is 0 Å². The first-order valence-corrected chi connectivity index (χ1v) is 7.62. The summed E-state index contributed by atoms with van der Waals surface area (Å²) < 4.78 is 1.02. The van der Waals surface area contributed by atoms with Crippen LogP contribution in [0, 0.1) is 0 Å². The summed E-state index contributed by atoms with van der Waals surface area (Å²) in [5.41, 5.74) is 3.19. The molecule has 0 aromatic heterocycles. The van der Waals surface area contributed by atoms with Gasteiger partial charge < -0.3 is 4.90 Å². The van der Waals surface area contributed by atoms with Crippen LogP contribution >= 0.6 is 15.9 Å². The Morgan fingerprint density at radius 2 is 1.95 bits per heavy atom. The highest BCUT2D eigenvalue weighted by Crippen LogP contribution is 2.33. The number of benzene rings is 2. The van der Waals surface area contributed by atoms with Gasteiger partial charge in [0.15, 0.2) is 6.29 Å². The summed E-state index contributed by atoms with van der Waals surface area (Å²) in [5, 5.41) is 0. The zero-order valence-electron chi connectivity index (χ0n) is 11.1. The molecular weight excluding hydrogens is 314 g/mol. The number of carbonyl (C=O) groups excluding carboxylic acids is 1. The van der Waals surface area contributed by atoms with Crippen LogP contribution in [0.3, 0.4) is 0 Å². The molecule has 1 unspecified atom stereocenters. The molecule has 1 atom stereocenters. The van der Waals surface area contributed by atoms with E-state index >= 15 is 0 Å². The molecule has 1 saturated heterocycles. The molecular formula is C17H16BrNO. The van der Waals surface area contributed by atoms with Gasteiger partial charge >= 0.3 is 0 Å². The van der Waals surface area contributed by atoms with Gasteiger partial charge in [-0.2, -0.15) is 0 Å². The van der Waals surface area contributed by atoms with E-state index in [-0.39, 0.29) is 0 Å². The Kier molecular flexibility index (Phi) is 3.88. The van der Waals surface area contributed by atoms with Crippen molar-refractivity contribution >= 4 is 27.9 Å². The summed E-state index contributed by atoms with van der Waals surface area (Å²) in [6, 6.07) is 16.4. The summed E-state index contributed by atoms with van der Waals surface area (Å²) >= 11 is 3.49. The van der Waals surface area contributed by atoms with Gasteiger partial charge in [-0.15, -0.1) is 0 Å². The van der Waals surface area contributed by atoms with Gasteiger partial charge in [-0.3, -0.25) is 4.79 Å². The Morgan fingerprint density at radius 1 is 1.15 bits per heavy atom. The Labute approximate surface area is 127 Å². The second kappa shape index (κ2) is 5.80. The van der Waals surface area contributed by atoms with Crippen LogP contribution in [0.15, 0.2) is 53.0 Å². The number of halogens is 1. The SMILES string of the molecule is O=Cc1ccc(Br)cc1N1CCC(c2ccccc2)C1. The first-order chi connectivity index (χ1) is 9.78. The molecule has 3 rings (SSSR count). The van der Waals surface area contributed by atoms with Crippen molar-refractivity contribution in [3.8, 4) is 0 Å². The monoisotopic (exact) mass is 329 g/mol. The summed E-state index contributed by atoms with van der Waals surface area (Å²) in [7, 11) is 0. The number of anilines is 1. The van der Waals surface area contributed by atoms with Gasteiger partial charge in [-0.25, -0.2) is 0 Å². The van der Waals surface area contributed by atoms with Crippen LogP contribution < -0.4 is 4.90 Å². The second-order valence-electron chi connectivity index (χ2n) is 5.16. The summed E-state index contributed by atoms with van der Waals surface area (Å²) in [6.07, 6.45) is 2.08. The molecule has 0 saturated carbocycles. The largest absolute Gasteiger partial charge is 0.370 e. The van der Waals surface area contributed by atoms with Crippen molar-refractivity contribution in [1.29, 1.82) is 0 Å². The molecule has 20 heavy (non-hydrogen) atoms. The molecule has 2 aromatic rings. The lowest BCUT2D eigenvalue weighted by Crippen LogP contribution is -2.20. The summed E-state index contributed by atoms with van der Waals surface area (Å²) in [6.45, 7) is 1.97. The van der Waals surface area contributed by atoms with Gasteiger partial charge in [0.05, 0.1) is 0 Å². The average molecular weight is 330 g/mol. The maximum Gasteiger partial charge on any atom is 0.152 e. The maximum absolute atomic E-state index is 11.2. The summed E-state index contributed by atoms with van der Waals surface area (Å²) in [5.74, 6) is 0.551. The normalized spacial score (nSPS) is 18.2. The highest BCUT2D eigenvalue weighted by molar-refractivity contribution is 9.10. The topological polar surface area (TPSA) is 20.3 Å². The predicted molar refractivity (Wildman–Crippen MR) is 85.5 cm³/mol. The lowest BCUT2D eigenvalue weighted by Gasteiger charge is -2.21. The fourth-order valence-corrected chi connectivity index (χ4v) is 3.22. The Hall–Kier alpha value is -1.61. The van der Waals surface area contributed by atoms with Gasteiger partial charge in [0.25, 0.3) is 0 Å². The van der Waals surface area contributed by atoms with E-state index < -0.39 is 0 Å². The van der Waals surface area contributed by atoms with Gasteiger partial charge in [0.2, 0.25) is 0 Å². The number of hydrogen-bond acceptors (Lipinski definition) is 2. The molecule has 3 heteroatoms. The molecule has 0 bridgehead atoms. The molecule has 2 aromatic carbocycles. The number of hydrogen-bond donors (Lipinski definition) is 0. The lowest BCUT2D eigenvalue weighted by atomic mass is 9.99. The van der Waals surface area contributed by atoms with E-state index in [1.165, 1.54) is 5.56 Å². The first-order valence-electron chi connectivity index (χ1n) is 6.82. The van der Waals surface area contributed by atoms with Gasteiger partial charge in [0.1, 0.15) is 0 Å². The lowest BCUT2D eigenvalue weighted by molar-refractivity contribution is 0.112. The first kappa shape index (κ1) is 13.4. The number of nitrogens with zero attached hydrogens (tertiary/aromatic N) is 1. The fourth-order valence-electron chi connectivity index (χ4n) is 2.87. The molecule has 2 nitrogen and oxygen atoms in total. The molecule has 0 N–H and O–H groups in total. The number of carbonyl (C=O) groups is 1. The van der Waals surface area contributed by atoms with Crippen LogP contribution in [0.4, 0.5) is 5.69 Å². The minimum Gasteiger partial charge on any atom is -0.370 e. The molecule has 1 heterocycles. The fraction of sp³-hybridized carbons (Fsp3) is 0.235. The van der Waals surface area contributed by atoms with E-state index in [0.29, 0.717) is 5.92 Å². The molecule has 1 aliphatic heterocycles. The summed E-state index contributed by atoms with van der Waals surface area (Å²) in [4.78, 5) is 13.5. The molecule has 1 aliphatic rings. The second-order valence-corrected chi connectivity index (χ2v) is 6.08. The quantitative estimate of drug-likeness (QED) is 0.784. The zero-order chi connectivity index (χ0) is 13.9. The minimum atomic E-state index is 0.551. The van der Waals surface area contributed by atoms with Crippen LogP contribution in [-0.4, -0.2) is 19.4 Å². The number of rotatable bonds is 3. The Bertz CT molecular complexity index is 612. The Morgan fingerprint density at radius 3 is 2.70 bits per heavy atom. The van der Waals surface area contributed by atoms with Crippen LogP contribution in [0.25, 0.3) is 0 Å². The average Bonchev–Trinajstić information content (AvgIpc) is 2.98. The molecule has 102 valence electrons. The van der Waals surface area contributed by atoms with Crippen LogP contribution in [0.1, 0.15) is 28.3 Å². The van der Waals surface area contributed by atoms with Crippen molar-refractivity contribution in [3.63, 3.8) is 0 Å². The van der Waals surface area contributed by atoms with E-state index in [0.717, 1.165) is 41.5 Å². The van der Waals surface area contributed by atoms with E-state index in [4.69, 9.17) is 0 Å². The third kappa shape index (κ3) is 2.63. The molecule has 0 radical (unpaired) electrons. The van der Waals surface area contributed by atoms with E-state index in [2.05, 4.69) is 51.2 Å². The van der Waals surface area contributed by atoms with Crippen molar-refractivity contribution < 1.29 is 4.79 Å². The zero-order valence-corrected chi connectivity index (χ0v) is 12.7. The van der Waals surface area contributed by atoms with E-state index in [1.54, 1.807) is 0 Å². The van der Waals surface area contributed by atoms with Crippen LogP contribution in [0.2, 0.25) is 0 Å². The van der Waals surface area contributed by atoms with Crippen molar-refractivity contribution in [2.45, 2.75) is 12.3 Å². The standard InChI is InChI=1S/C17H16BrNO/c18-16-7-6-15(12-20)17(10-16)19-9-8-14(11-19)13-4-2-1-3-5-13/h1-7,10,12,14H,8-9,11H2. The van der Waals surface area contributed by atoms with Crippen LogP contribution in [-0.2, 0) is 0 Å². The van der Waals surface area contributed by atoms with Crippen molar-refractivity contribution in [3.05, 3.63) is 64.1 Å². The van der Waals surface area contributed by atoms with Crippen molar-refractivity contribution in [1.82, 2.24) is 0 Å². The highest BCUT2D eigenvalue weighted by atomic mass is 79.9. The van der Waals surface area contributed by atoms with Gasteiger partial charge in [-0.1, -0.05) is 46.3 Å². The number of aldehydes is 1. The third-order valence-corrected chi connectivity index (χ3v) is 4.41. The van der Waals surface area contributed by atoms with E-state index in [1.807, 2.05) is 18.2 Å². The highest BCUT2D eigenvalue weighted by Gasteiger charge is 2.25. The molecule has 0 spiro atoms. The molecule has 1 fully saturated rings. The Balaban J connectivity index is 1.84. The maximum atomic E-state index is 11.2. The van der Waals surface area contributed by atoms with E-state index in [9.17, 15) is 4.79 Å².